The summed E-state index contributed by atoms with van der Waals surface area (Å²) in [5, 5.41) is 12.5. The van der Waals surface area contributed by atoms with Crippen molar-refractivity contribution < 1.29 is 4.74 Å². The molecule has 4 rings (SSSR count). The van der Waals surface area contributed by atoms with Crippen LogP contribution in [0.4, 0.5) is 0 Å². The SMILES string of the molecule is N#CC1=C(N)Oc2c(ccc3ccccc23)[C@@H]1c1cccc(Cl)c1Cl. The highest BCUT2D eigenvalue weighted by atomic mass is 35.5. The van der Waals surface area contributed by atoms with Gasteiger partial charge in [-0.3, -0.25) is 0 Å². The van der Waals surface area contributed by atoms with Crippen molar-refractivity contribution in [1.29, 1.82) is 5.26 Å². The van der Waals surface area contributed by atoms with Gasteiger partial charge in [-0.25, -0.2) is 0 Å². The molecular weight excluding hydrogens is 355 g/mol. The van der Waals surface area contributed by atoms with Gasteiger partial charge in [0.2, 0.25) is 5.88 Å². The molecule has 0 spiro atoms. The fourth-order valence-corrected chi connectivity index (χ4v) is 3.67. The number of ether oxygens (including phenoxy) is 1. The Bertz CT molecular complexity index is 1080. The van der Waals surface area contributed by atoms with Gasteiger partial charge in [0.15, 0.2) is 0 Å². The molecule has 0 aliphatic carbocycles. The minimum atomic E-state index is -0.426. The number of nitrogens with two attached hydrogens (primary N) is 1. The molecule has 122 valence electrons. The van der Waals surface area contributed by atoms with Gasteiger partial charge in [0.1, 0.15) is 17.4 Å². The molecule has 0 amide bonds. The molecule has 25 heavy (non-hydrogen) atoms. The predicted molar refractivity (Wildman–Crippen MR) is 99.7 cm³/mol. The van der Waals surface area contributed by atoms with Crippen molar-refractivity contribution in [2.75, 3.05) is 0 Å². The Kier molecular flexibility index (Phi) is 3.80. The first kappa shape index (κ1) is 15.8. The molecule has 3 aromatic carbocycles. The topological polar surface area (TPSA) is 59.0 Å². The summed E-state index contributed by atoms with van der Waals surface area (Å²) in [6.07, 6.45) is 0. The Morgan fingerprint density at radius 3 is 2.56 bits per heavy atom. The summed E-state index contributed by atoms with van der Waals surface area (Å²) in [5.41, 5.74) is 7.97. The molecule has 3 aromatic rings. The Labute approximate surface area is 154 Å². The summed E-state index contributed by atoms with van der Waals surface area (Å²) < 4.78 is 5.83. The molecule has 1 heterocycles. The quantitative estimate of drug-likeness (QED) is 0.630. The maximum Gasteiger partial charge on any atom is 0.205 e. The highest BCUT2D eigenvalue weighted by molar-refractivity contribution is 6.42. The molecule has 0 saturated carbocycles. The van der Waals surface area contributed by atoms with E-state index in [0.29, 0.717) is 21.4 Å². The average Bonchev–Trinajstić information content (AvgIpc) is 2.63. The van der Waals surface area contributed by atoms with Crippen LogP contribution in [-0.4, -0.2) is 0 Å². The molecule has 0 radical (unpaired) electrons. The van der Waals surface area contributed by atoms with Crippen LogP contribution in [0.5, 0.6) is 5.75 Å². The number of nitriles is 1. The van der Waals surface area contributed by atoms with E-state index in [4.69, 9.17) is 33.7 Å². The molecule has 0 aromatic heterocycles. The van der Waals surface area contributed by atoms with Crippen LogP contribution in [0.25, 0.3) is 10.8 Å². The van der Waals surface area contributed by atoms with E-state index in [1.165, 1.54) is 0 Å². The van der Waals surface area contributed by atoms with E-state index in [1.807, 2.05) is 48.5 Å². The maximum absolute atomic E-state index is 9.65. The second-order valence-corrected chi connectivity index (χ2v) is 6.56. The van der Waals surface area contributed by atoms with Crippen molar-refractivity contribution >= 4 is 34.0 Å². The van der Waals surface area contributed by atoms with E-state index in [2.05, 4.69) is 6.07 Å². The van der Waals surface area contributed by atoms with E-state index in [1.54, 1.807) is 6.07 Å². The van der Waals surface area contributed by atoms with Crippen LogP contribution in [0.3, 0.4) is 0 Å². The first-order valence-corrected chi connectivity index (χ1v) is 8.40. The van der Waals surface area contributed by atoms with Crippen molar-refractivity contribution in [1.82, 2.24) is 0 Å². The number of benzene rings is 3. The van der Waals surface area contributed by atoms with Crippen LogP contribution in [0.1, 0.15) is 17.0 Å². The molecule has 1 atom stereocenters. The summed E-state index contributed by atoms with van der Waals surface area (Å²) >= 11 is 12.6. The number of hydrogen-bond acceptors (Lipinski definition) is 3. The van der Waals surface area contributed by atoms with Crippen LogP contribution >= 0.6 is 23.2 Å². The van der Waals surface area contributed by atoms with Crippen molar-refractivity contribution in [2.45, 2.75) is 5.92 Å². The van der Waals surface area contributed by atoms with Gasteiger partial charge in [0, 0.05) is 10.9 Å². The zero-order chi connectivity index (χ0) is 17.6. The highest BCUT2D eigenvalue weighted by Crippen LogP contribution is 2.47. The Morgan fingerprint density at radius 2 is 1.76 bits per heavy atom. The minimum absolute atomic E-state index is 0.0902. The lowest BCUT2D eigenvalue weighted by Gasteiger charge is -2.28. The van der Waals surface area contributed by atoms with Crippen LogP contribution in [0, 0.1) is 11.3 Å². The smallest absolute Gasteiger partial charge is 0.205 e. The standard InChI is InChI=1S/C20H12Cl2N2O/c21-16-7-3-6-13(18(16)22)17-14-9-8-11-4-1-2-5-12(11)19(14)25-20(24)15(17)10-23/h1-9,17H,24H2/t17-/m0/s1. The van der Waals surface area contributed by atoms with Gasteiger partial charge in [0.25, 0.3) is 0 Å². The first-order valence-electron chi connectivity index (χ1n) is 7.65. The van der Waals surface area contributed by atoms with Gasteiger partial charge in [-0.2, -0.15) is 5.26 Å². The molecule has 0 unspecified atom stereocenters. The third-order valence-electron chi connectivity index (χ3n) is 4.40. The van der Waals surface area contributed by atoms with E-state index in [-0.39, 0.29) is 5.88 Å². The van der Waals surface area contributed by atoms with Gasteiger partial charge in [-0.1, -0.05) is 71.7 Å². The zero-order valence-corrected chi connectivity index (χ0v) is 14.5. The molecule has 3 nitrogen and oxygen atoms in total. The molecule has 2 N–H and O–H groups in total. The van der Waals surface area contributed by atoms with Crippen LogP contribution in [0.2, 0.25) is 10.0 Å². The highest BCUT2D eigenvalue weighted by Gasteiger charge is 2.33. The summed E-state index contributed by atoms with van der Waals surface area (Å²) in [6.45, 7) is 0. The van der Waals surface area contributed by atoms with Gasteiger partial charge >= 0.3 is 0 Å². The molecule has 0 bridgehead atoms. The van der Waals surface area contributed by atoms with Crippen LogP contribution in [0.15, 0.2) is 66.1 Å². The van der Waals surface area contributed by atoms with E-state index in [0.717, 1.165) is 21.9 Å². The van der Waals surface area contributed by atoms with Crippen molar-refractivity contribution in [3.05, 3.63) is 87.2 Å². The molecule has 0 fully saturated rings. The summed E-state index contributed by atoms with van der Waals surface area (Å²) in [4.78, 5) is 0. The zero-order valence-electron chi connectivity index (χ0n) is 13.0. The normalized spacial score (nSPS) is 16.3. The fourth-order valence-electron chi connectivity index (χ4n) is 3.25. The van der Waals surface area contributed by atoms with Crippen molar-refractivity contribution in [2.24, 2.45) is 5.73 Å². The largest absolute Gasteiger partial charge is 0.440 e. The van der Waals surface area contributed by atoms with Gasteiger partial charge in [-0.15, -0.1) is 0 Å². The van der Waals surface area contributed by atoms with Crippen molar-refractivity contribution in [3.8, 4) is 11.8 Å². The Hall–Kier alpha value is -2.67. The lowest BCUT2D eigenvalue weighted by atomic mass is 9.82. The minimum Gasteiger partial charge on any atom is -0.440 e. The second kappa shape index (κ2) is 6.00. The third-order valence-corrected chi connectivity index (χ3v) is 5.23. The van der Waals surface area contributed by atoms with E-state index < -0.39 is 5.92 Å². The lowest BCUT2D eigenvalue weighted by Crippen LogP contribution is -2.21. The van der Waals surface area contributed by atoms with E-state index >= 15 is 0 Å². The summed E-state index contributed by atoms with van der Waals surface area (Å²) in [6, 6.07) is 19.4. The number of nitrogens with zero attached hydrogens (tertiary/aromatic N) is 1. The third kappa shape index (κ3) is 2.42. The van der Waals surface area contributed by atoms with E-state index in [9.17, 15) is 5.26 Å². The summed E-state index contributed by atoms with van der Waals surface area (Å²) in [7, 11) is 0. The molecule has 5 heteroatoms. The fraction of sp³-hybridized carbons (Fsp3) is 0.0500. The number of allylic oxidation sites excluding steroid dienone is 1. The molecule has 1 aliphatic rings. The monoisotopic (exact) mass is 366 g/mol. The van der Waals surface area contributed by atoms with Gasteiger partial charge in [-0.05, 0) is 17.0 Å². The van der Waals surface area contributed by atoms with Gasteiger partial charge < -0.3 is 10.5 Å². The number of rotatable bonds is 1. The number of hydrogen-bond donors (Lipinski definition) is 1. The Morgan fingerprint density at radius 1 is 0.960 bits per heavy atom. The lowest BCUT2D eigenvalue weighted by molar-refractivity contribution is 0.398. The average molecular weight is 367 g/mol. The maximum atomic E-state index is 9.65. The van der Waals surface area contributed by atoms with Gasteiger partial charge in [0.05, 0.1) is 16.0 Å². The molecule has 0 saturated heterocycles. The number of fused-ring (bicyclic) bond motifs is 3. The molecule has 1 aliphatic heterocycles. The van der Waals surface area contributed by atoms with Crippen molar-refractivity contribution in [3.63, 3.8) is 0 Å². The molecular formula is C20H12Cl2N2O. The predicted octanol–water partition coefficient (Wildman–Crippen LogP) is 5.36. The number of halogens is 2. The summed E-state index contributed by atoms with van der Waals surface area (Å²) in [5.74, 6) is 0.313. The first-order chi connectivity index (χ1) is 12.1. The second-order valence-electron chi connectivity index (χ2n) is 5.77. The Balaban J connectivity index is 2.05. The van der Waals surface area contributed by atoms with Crippen LogP contribution < -0.4 is 10.5 Å². The van der Waals surface area contributed by atoms with Crippen LogP contribution in [-0.2, 0) is 0 Å².